The van der Waals surface area contributed by atoms with Gasteiger partial charge in [-0.1, -0.05) is 25.1 Å². The molecule has 0 unspecified atom stereocenters. The van der Waals surface area contributed by atoms with Gasteiger partial charge in [-0.2, -0.15) is 0 Å². The zero-order chi connectivity index (χ0) is 20.4. The van der Waals surface area contributed by atoms with E-state index in [1.165, 1.54) is 0 Å². The minimum absolute atomic E-state index is 0. The molecule has 0 aliphatic heterocycles. The molecular weight excluding hydrogens is 483 g/mol. The number of pyridine rings is 1. The van der Waals surface area contributed by atoms with E-state index >= 15 is 0 Å². The molecule has 0 fully saturated rings. The number of aryl methyl sites for hydroxylation is 2. The number of guanidine groups is 1. The summed E-state index contributed by atoms with van der Waals surface area (Å²) in [5, 5.41) is 10.4. The smallest absolute Gasteiger partial charge is 0.241 e. The van der Waals surface area contributed by atoms with Gasteiger partial charge in [0.2, 0.25) is 5.91 Å². The highest BCUT2D eigenvalue weighted by atomic mass is 127. The molecule has 0 radical (unpaired) electrons. The number of hydrogen-bond acceptors (Lipinski definition) is 5. The summed E-state index contributed by atoms with van der Waals surface area (Å²) in [6, 6.07) is 5.79. The molecule has 1 amide bonds. The van der Waals surface area contributed by atoms with E-state index in [9.17, 15) is 4.79 Å². The van der Waals surface area contributed by atoms with Crippen LogP contribution in [0.3, 0.4) is 0 Å². The fourth-order valence-corrected chi connectivity index (χ4v) is 2.78. The Balaban J connectivity index is 0.00000420. The van der Waals surface area contributed by atoms with Crippen molar-refractivity contribution in [2.45, 2.75) is 39.7 Å². The number of rotatable bonds is 9. The maximum Gasteiger partial charge on any atom is 0.241 e. The average molecular weight is 514 g/mol. The van der Waals surface area contributed by atoms with Gasteiger partial charge in [-0.05, 0) is 18.6 Å². The van der Waals surface area contributed by atoms with E-state index in [4.69, 9.17) is 4.52 Å². The standard InChI is InChI=1S/C20H30N6O2.HI/c1-5-17-16(18(6-2)28-25-17)13-23-20(21-3)24-14-19(27)26(4)12-10-15-9-7-8-11-22-15;/h7-9,11H,5-6,10,12-14H2,1-4H3,(H2,21,23,24);1H. The van der Waals surface area contributed by atoms with Gasteiger partial charge in [0.1, 0.15) is 5.76 Å². The quantitative estimate of drug-likeness (QED) is 0.303. The van der Waals surface area contributed by atoms with E-state index in [1.54, 1.807) is 25.2 Å². The average Bonchev–Trinajstić information content (AvgIpc) is 3.14. The Morgan fingerprint density at radius 2 is 2.03 bits per heavy atom. The van der Waals surface area contributed by atoms with E-state index < -0.39 is 0 Å². The number of aromatic nitrogens is 2. The minimum atomic E-state index is -0.00708. The molecule has 2 heterocycles. The summed E-state index contributed by atoms with van der Waals surface area (Å²) in [6.45, 7) is 5.43. The van der Waals surface area contributed by atoms with E-state index in [1.807, 2.05) is 32.0 Å². The van der Waals surface area contributed by atoms with Crippen molar-refractivity contribution in [2.24, 2.45) is 4.99 Å². The van der Waals surface area contributed by atoms with Crippen LogP contribution >= 0.6 is 24.0 Å². The van der Waals surface area contributed by atoms with E-state index in [-0.39, 0.29) is 36.4 Å². The Hall–Kier alpha value is -2.17. The molecule has 160 valence electrons. The highest BCUT2D eigenvalue weighted by Gasteiger charge is 2.14. The van der Waals surface area contributed by atoms with Crippen molar-refractivity contribution in [3.8, 4) is 0 Å². The lowest BCUT2D eigenvalue weighted by molar-refractivity contribution is -0.128. The van der Waals surface area contributed by atoms with Gasteiger partial charge in [-0.25, -0.2) is 0 Å². The SMILES string of the molecule is CCc1noc(CC)c1CNC(=NC)NCC(=O)N(C)CCc1ccccn1.I. The molecule has 0 bridgehead atoms. The number of likely N-dealkylation sites (N-methyl/N-ethyl adjacent to an activating group) is 1. The van der Waals surface area contributed by atoms with Crippen molar-refractivity contribution in [3.05, 3.63) is 47.1 Å². The lowest BCUT2D eigenvalue weighted by Gasteiger charge is -2.18. The molecule has 2 aromatic rings. The molecule has 0 spiro atoms. The van der Waals surface area contributed by atoms with Crippen LogP contribution in [0.4, 0.5) is 0 Å². The van der Waals surface area contributed by atoms with Gasteiger partial charge in [0.15, 0.2) is 5.96 Å². The third kappa shape index (κ3) is 7.64. The number of carbonyl (C=O) groups excluding carboxylic acids is 1. The predicted octanol–water partition coefficient (Wildman–Crippen LogP) is 2.18. The van der Waals surface area contributed by atoms with Crippen molar-refractivity contribution in [3.63, 3.8) is 0 Å². The van der Waals surface area contributed by atoms with Crippen molar-refractivity contribution < 1.29 is 9.32 Å². The molecule has 2 N–H and O–H groups in total. The normalized spacial score (nSPS) is 11.0. The fourth-order valence-electron chi connectivity index (χ4n) is 2.78. The van der Waals surface area contributed by atoms with Crippen LogP contribution in [0.1, 0.15) is 36.6 Å². The molecule has 0 aliphatic carbocycles. The molecular formula is C20H31IN6O2. The molecule has 9 heteroatoms. The Bertz CT molecular complexity index is 757. The molecule has 2 rings (SSSR count). The van der Waals surface area contributed by atoms with Gasteiger partial charge in [-0.3, -0.25) is 14.8 Å². The Morgan fingerprint density at radius 3 is 2.66 bits per heavy atom. The Labute approximate surface area is 189 Å². The van der Waals surface area contributed by atoms with Crippen LogP contribution in [0, 0.1) is 0 Å². The monoisotopic (exact) mass is 514 g/mol. The number of halogens is 1. The predicted molar refractivity (Wildman–Crippen MR) is 124 cm³/mol. The molecule has 2 aromatic heterocycles. The van der Waals surface area contributed by atoms with Crippen LogP contribution in [0.5, 0.6) is 0 Å². The van der Waals surface area contributed by atoms with Gasteiger partial charge in [0, 0.05) is 57.5 Å². The number of hydrogen-bond donors (Lipinski definition) is 2. The maximum absolute atomic E-state index is 12.4. The third-order valence-corrected chi connectivity index (χ3v) is 4.53. The Kier molecular flexibility index (Phi) is 11.3. The first-order chi connectivity index (χ1) is 13.6. The summed E-state index contributed by atoms with van der Waals surface area (Å²) in [7, 11) is 3.47. The van der Waals surface area contributed by atoms with Gasteiger partial charge >= 0.3 is 0 Å². The zero-order valence-corrected chi connectivity index (χ0v) is 19.9. The van der Waals surface area contributed by atoms with Crippen LogP contribution in [0.2, 0.25) is 0 Å². The summed E-state index contributed by atoms with van der Waals surface area (Å²) < 4.78 is 5.38. The van der Waals surface area contributed by atoms with E-state index in [0.717, 1.165) is 42.0 Å². The number of aliphatic imine (C=N–C) groups is 1. The first-order valence-corrected chi connectivity index (χ1v) is 9.63. The molecule has 0 atom stereocenters. The van der Waals surface area contributed by atoms with Gasteiger partial charge in [0.25, 0.3) is 0 Å². The Morgan fingerprint density at radius 1 is 1.24 bits per heavy atom. The van der Waals surface area contributed by atoms with Crippen molar-refractivity contribution in [1.29, 1.82) is 0 Å². The summed E-state index contributed by atoms with van der Waals surface area (Å²) in [5.74, 6) is 1.44. The van der Waals surface area contributed by atoms with Crippen LogP contribution in [0.15, 0.2) is 33.9 Å². The summed E-state index contributed by atoms with van der Waals surface area (Å²) in [4.78, 5) is 22.5. The fraction of sp³-hybridized carbons (Fsp3) is 0.500. The molecule has 0 saturated carbocycles. The first-order valence-electron chi connectivity index (χ1n) is 9.63. The summed E-state index contributed by atoms with van der Waals surface area (Å²) in [6.07, 6.45) is 4.09. The number of carbonyl (C=O) groups is 1. The van der Waals surface area contributed by atoms with Crippen molar-refractivity contribution >= 4 is 35.8 Å². The number of nitrogens with one attached hydrogen (secondary N) is 2. The van der Waals surface area contributed by atoms with Crippen LogP contribution < -0.4 is 10.6 Å². The topological polar surface area (TPSA) is 95.7 Å². The highest BCUT2D eigenvalue weighted by molar-refractivity contribution is 14.0. The minimum Gasteiger partial charge on any atom is -0.361 e. The van der Waals surface area contributed by atoms with E-state index in [2.05, 4.69) is 25.8 Å². The van der Waals surface area contributed by atoms with Crippen molar-refractivity contribution in [1.82, 2.24) is 25.7 Å². The lowest BCUT2D eigenvalue weighted by Crippen LogP contribution is -2.43. The van der Waals surface area contributed by atoms with Gasteiger partial charge in [0.05, 0.1) is 12.2 Å². The van der Waals surface area contributed by atoms with E-state index in [0.29, 0.717) is 19.0 Å². The summed E-state index contributed by atoms with van der Waals surface area (Å²) in [5.41, 5.74) is 2.98. The largest absolute Gasteiger partial charge is 0.361 e. The molecule has 0 aromatic carbocycles. The number of nitrogens with zero attached hydrogens (tertiary/aromatic N) is 4. The van der Waals surface area contributed by atoms with Crippen molar-refractivity contribution in [2.75, 3.05) is 27.2 Å². The molecule has 8 nitrogen and oxygen atoms in total. The van der Waals surface area contributed by atoms with Crippen LogP contribution in [-0.4, -0.2) is 54.1 Å². The zero-order valence-electron chi connectivity index (χ0n) is 17.6. The second kappa shape index (κ2) is 13.1. The first kappa shape index (κ1) is 24.9. The molecule has 0 aliphatic rings. The van der Waals surface area contributed by atoms with Crippen LogP contribution in [0.25, 0.3) is 0 Å². The van der Waals surface area contributed by atoms with Gasteiger partial charge < -0.3 is 20.1 Å². The molecule has 0 saturated heterocycles. The maximum atomic E-state index is 12.4. The van der Waals surface area contributed by atoms with Gasteiger partial charge in [-0.15, -0.1) is 24.0 Å². The lowest BCUT2D eigenvalue weighted by atomic mass is 10.1. The third-order valence-electron chi connectivity index (χ3n) is 4.53. The number of amides is 1. The second-order valence-corrected chi connectivity index (χ2v) is 6.40. The molecule has 29 heavy (non-hydrogen) atoms. The summed E-state index contributed by atoms with van der Waals surface area (Å²) >= 11 is 0. The second-order valence-electron chi connectivity index (χ2n) is 6.40. The highest BCUT2D eigenvalue weighted by Crippen LogP contribution is 2.15. The van der Waals surface area contributed by atoms with Crippen LogP contribution in [-0.2, 0) is 30.6 Å².